The molecule has 5 heteroatoms. The normalized spacial score (nSPS) is 10.6. The van der Waals surface area contributed by atoms with E-state index in [1.54, 1.807) is 30.3 Å². The molecule has 1 aromatic heterocycles. The number of hydrogen-bond donors (Lipinski definition) is 2. The molecule has 0 aliphatic heterocycles. The molecule has 0 atom stereocenters. The maximum atomic E-state index is 11.1. The topological polar surface area (TPSA) is 73.7 Å². The zero-order valence-corrected chi connectivity index (χ0v) is 10.7. The van der Waals surface area contributed by atoms with Crippen molar-refractivity contribution >= 4 is 22.7 Å². The second-order valence-electron chi connectivity index (χ2n) is 4.35. The molecular formula is C14H16N2O3. The molecule has 100 valence electrons. The number of fused-ring (bicyclic) bond motifs is 1. The fourth-order valence-electron chi connectivity index (χ4n) is 1.97. The van der Waals surface area contributed by atoms with Crippen molar-refractivity contribution in [2.75, 3.05) is 25.1 Å². The van der Waals surface area contributed by atoms with Gasteiger partial charge in [-0.2, -0.15) is 0 Å². The average molecular weight is 260 g/mol. The Morgan fingerprint density at radius 1 is 1.32 bits per heavy atom. The van der Waals surface area contributed by atoms with E-state index in [9.17, 15) is 4.79 Å². The second-order valence-corrected chi connectivity index (χ2v) is 4.35. The maximum absolute atomic E-state index is 11.1. The van der Waals surface area contributed by atoms with E-state index in [2.05, 4.69) is 4.98 Å². The third-order valence-corrected chi connectivity index (χ3v) is 2.99. The average Bonchev–Trinajstić information content (AvgIpc) is 2.43. The summed E-state index contributed by atoms with van der Waals surface area (Å²) in [7, 11) is 1.89. The van der Waals surface area contributed by atoms with Crippen molar-refractivity contribution < 1.29 is 15.0 Å². The Morgan fingerprint density at radius 2 is 2.11 bits per heavy atom. The zero-order chi connectivity index (χ0) is 13.8. The molecule has 0 radical (unpaired) electrons. The smallest absolute Gasteiger partial charge is 0.336 e. The van der Waals surface area contributed by atoms with Crippen molar-refractivity contribution in [3.8, 4) is 0 Å². The van der Waals surface area contributed by atoms with Gasteiger partial charge in [0.1, 0.15) is 5.82 Å². The molecule has 0 saturated carbocycles. The minimum absolute atomic E-state index is 0.140. The summed E-state index contributed by atoms with van der Waals surface area (Å²) < 4.78 is 0. The van der Waals surface area contributed by atoms with Crippen LogP contribution in [0.1, 0.15) is 16.8 Å². The number of pyridine rings is 1. The van der Waals surface area contributed by atoms with Crippen LogP contribution >= 0.6 is 0 Å². The van der Waals surface area contributed by atoms with Crippen LogP contribution in [0.25, 0.3) is 10.9 Å². The number of anilines is 1. The molecule has 2 N–H and O–H groups in total. The lowest BCUT2D eigenvalue weighted by molar-refractivity contribution is 0.0699. The molecule has 1 aromatic carbocycles. The van der Waals surface area contributed by atoms with Crippen LogP contribution in [-0.4, -0.2) is 41.4 Å². The van der Waals surface area contributed by atoms with Crippen LogP contribution in [-0.2, 0) is 0 Å². The van der Waals surface area contributed by atoms with Crippen LogP contribution in [0, 0.1) is 0 Å². The van der Waals surface area contributed by atoms with Gasteiger partial charge in [-0.05, 0) is 30.7 Å². The van der Waals surface area contributed by atoms with Gasteiger partial charge >= 0.3 is 5.97 Å². The van der Waals surface area contributed by atoms with Gasteiger partial charge in [-0.3, -0.25) is 0 Å². The van der Waals surface area contributed by atoms with Crippen molar-refractivity contribution in [3.63, 3.8) is 0 Å². The highest BCUT2D eigenvalue weighted by Crippen LogP contribution is 2.21. The van der Waals surface area contributed by atoms with Gasteiger partial charge in [-0.25, -0.2) is 9.78 Å². The Kier molecular flexibility index (Phi) is 3.97. The van der Waals surface area contributed by atoms with E-state index in [4.69, 9.17) is 10.2 Å². The highest BCUT2D eigenvalue weighted by molar-refractivity contribution is 6.02. The summed E-state index contributed by atoms with van der Waals surface area (Å²) in [6, 6.07) is 8.63. The van der Waals surface area contributed by atoms with Crippen LogP contribution in [0.2, 0.25) is 0 Å². The first kappa shape index (κ1) is 13.3. The van der Waals surface area contributed by atoms with Gasteiger partial charge in [-0.15, -0.1) is 0 Å². The van der Waals surface area contributed by atoms with E-state index in [0.717, 1.165) is 5.82 Å². The third-order valence-electron chi connectivity index (χ3n) is 2.99. The Balaban J connectivity index is 2.39. The predicted octanol–water partition coefficient (Wildman–Crippen LogP) is 1.75. The number of carboxylic acid groups (broad SMARTS) is 1. The quantitative estimate of drug-likeness (QED) is 0.856. The predicted molar refractivity (Wildman–Crippen MR) is 73.7 cm³/mol. The number of carboxylic acids is 1. The monoisotopic (exact) mass is 260 g/mol. The molecule has 0 bridgehead atoms. The Bertz CT molecular complexity index is 598. The van der Waals surface area contributed by atoms with Crippen LogP contribution < -0.4 is 4.90 Å². The lowest BCUT2D eigenvalue weighted by atomic mass is 10.1. The maximum Gasteiger partial charge on any atom is 0.336 e. The number of aromatic carboxylic acids is 1. The van der Waals surface area contributed by atoms with Gasteiger partial charge < -0.3 is 15.1 Å². The Morgan fingerprint density at radius 3 is 2.79 bits per heavy atom. The largest absolute Gasteiger partial charge is 0.478 e. The van der Waals surface area contributed by atoms with Crippen molar-refractivity contribution in [1.29, 1.82) is 0 Å². The zero-order valence-electron chi connectivity index (χ0n) is 10.7. The van der Waals surface area contributed by atoms with Gasteiger partial charge in [0.25, 0.3) is 0 Å². The van der Waals surface area contributed by atoms with Gasteiger partial charge in [0.15, 0.2) is 0 Å². The van der Waals surface area contributed by atoms with Gasteiger partial charge in [0, 0.05) is 25.6 Å². The molecule has 1 heterocycles. The summed E-state index contributed by atoms with van der Waals surface area (Å²) in [5, 5.41) is 18.6. The lowest BCUT2D eigenvalue weighted by Gasteiger charge is -2.18. The van der Waals surface area contributed by atoms with Crippen molar-refractivity contribution in [2.45, 2.75) is 6.42 Å². The molecule has 0 amide bonds. The molecule has 19 heavy (non-hydrogen) atoms. The van der Waals surface area contributed by atoms with Crippen LogP contribution in [0.15, 0.2) is 30.3 Å². The van der Waals surface area contributed by atoms with Gasteiger partial charge in [0.2, 0.25) is 0 Å². The van der Waals surface area contributed by atoms with Crippen molar-refractivity contribution in [3.05, 3.63) is 35.9 Å². The number of rotatable bonds is 5. The molecule has 5 nitrogen and oxygen atoms in total. The first-order chi connectivity index (χ1) is 9.13. The standard InChI is InChI=1S/C14H16N2O3/c1-16(8-3-9-17)13-7-6-10-11(14(18)19)4-2-5-12(10)15-13/h2,4-7,17H,3,8-9H2,1H3,(H,18,19). The van der Waals surface area contributed by atoms with Crippen molar-refractivity contribution in [2.24, 2.45) is 0 Å². The first-order valence-corrected chi connectivity index (χ1v) is 6.08. The summed E-state index contributed by atoms with van der Waals surface area (Å²) in [5.74, 6) is -0.183. The van der Waals surface area contributed by atoms with E-state index in [0.29, 0.717) is 23.9 Å². The van der Waals surface area contributed by atoms with E-state index >= 15 is 0 Å². The number of aromatic nitrogens is 1. The summed E-state index contributed by atoms with van der Waals surface area (Å²) in [5.41, 5.74) is 0.919. The number of aliphatic hydroxyl groups excluding tert-OH is 1. The molecule has 2 aromatic rings. The van der Waals surface area contributed by atoms with Crippen molar-refractivity contribution in [1.82, 2.24) is 4.98 Å². The summed E-state index contributed by atoms with van der Waals surface area (Å²) in [4.78, 5) is 17.5. The summed E-state index contributed by atoms with van der Waals surface area (Å²) in [6.07, 6.45) is 0.672. The molecule has 2 rings (SSSR count). The number of benzene rings is 1. The van der Waals surface area contributed by atoms with Gasteiger partial charge in [0.05, 0.1) is 11.1 Å². The number of carbonyl (C=O) groups is 1. The molecular weight excluding hydrogens is 244 g/mol. The van der Waals surface area contributed by atoms with Crippen LogP contribution in [0.3, 0.4) is 0 Å². The molecule has 0 fully saturated rings. The fourth-order valence-corrected chi connectivity index (χ4v) is 1.97. The second kappa shape index (κ2) is 5.67. The fraction of sp³-hybridized carbons (Fsp3) is 0.286. The summed E-state index contributed by atoms with van der Waals surface area (Å²) in [6.45, 7) is 0.842. The van der Waals surface area contributed by atoms with Gasteiger partial charge in [-0.1, -0.05) is 6.07 Å². The number of hydrogen-bond acceptors (Lipinski definition) is 4. The summed E-state index contributed by atoms with van der Waals surface area (Å²) >= 11 is 0. The molecule has 0 spiro atoms. The number of nitrogens with zero attached hydrogens (tertiary/aromatic N) is 2. The van der Waals surface area contributed by atoms with Crippen LogP contribution in [0.4, 0.5) is 5.82 Å². The highest BCUT2D eigenvalue weighted by atomic mass is 16.4. The first-order valence-electron chi connectivity index (χ1n) is 6.08. The highest BCUT2D eigenvalue weighted by Gasteiger charge is 2.10. The number of aliphatic hydroxyl groups is 1. The Hall–Kier alpha value is -2.14. The molecule has 0 aliphatic rings. The molecule has 0 aliphatic carbocycles. The van der Waals surface area contributed by atoms with E-state index in [1.807, 2.05) is 11.9 Å². The minimum atomic E-state index is -0.950. The lowest BCUT2D eigenvalue weighted by Crippen LogP contribution is -2.20. The van der Waals surface area contributed by atoms with Crippen LogP contribution in [0.5, 0.6) is 0 Å². The Labute approximate surface area is 111 Å². The van der Waals surface area contributed by atoms with E-state index in [-0.39, 0.29) is 12.2 Å². The third kappa shape index (κ3) is 2.82. The molecule has 0 saturated heterocycles. The van der Waals surface area contributed by atoms with E-state index < -0.39 is 5.97 Å². The molecule has 0 unspecified atom stereocenters. The SMILES string of the molecule is CN(CCCO)c1ccc2c(C(=O)O)cccc2n1. The van der Waals surface area contributed by atoms with E-state index in [1.165, 1.54) is 0 Å². The minimum Gasteiger partial charge on any atom is -0.478 e.